The Hall–Kier alpha value is -1.48. The second kappa shape index (κ2) is 6.99. The van der Waals surface area contributed by atoms with Gasteiger partial charge in [-0.3, -0.25) is 0 Å². The molecule has 1 aliphatic carbocycles. The Morgan fingerprint density at radius 3 is 2.76 bits per heavy atom. The fraction of sp³-hybridized carbons (Fsp3) is 0.471. The average Bonchev–Trinajstić information content (AvgIpc) is 3.22. The van der Waals surface area contributed by atoms with Gasteiger partial charge < -0.3 is 10.0 Å². The Bertz CT molecular complexity index is 536. The molecule has 0 heterocycles. The first-order valence-electron chi connectivity index (χ1n) is 7.44. The van der Waals surface area contributed by atoms with Crippen molar-refractivity contribution in [2.24, 2.45) is 5.92 Å². The number of rotatable bonds is 7. The highest BCUT2D eigenvalue weighted by molar-refractivity contribution is 6.31. The zero-order valence-electron chi connectivity index (χ0n) is 12.6. The Morgan fingerprint density at radius 2 is 2.19 bits per heavy atom. The van der Waals surface area contributed by atoms with E-state index in [1.54, 1.807) is 12.1 Å². The lowest BCUT2D eigenvalue weighted by Crippen LogP contribution is -2.28. The summed E-state index contributed by atoms with van der Waals surface area (Å²) in [6.07, 6.45) is 6.35. The zero-order chi connectivity index (χ0) is 15.4. The smallest absolute Gasteiger partial charge is 0.328 e. The molecule has 4 heteroatoms. The lowest BCUT2D eigenvalue weighted by molar-refractivity contribution is -0.131. The van der Waals surface area contributed by atoms with Crippen LogP contribution in [-0.2, 0) is 4.79 Å². The molecule has 1 aliphatic rings. The largest absolute Gasteiger partial charge is 0.478 e. The van der Waals surface area contributed by atoms with Crippen LogP contribution in [0.1, 0.15) is 38.7 Å². The van der Waals surface area contributed by atoms with E-state index in [4.69, 9.17) is 16.7 Å². The van der Waals surface area contributed by atoms with Gasteiger partial charge in [0.2, 0.25) is 0 Å². The molecule has 1 N–H and O–H groups in total. The lowest BCUT2D eigenvalue weighted by Gasteiger charge is -2.27. The van der Waals surface area contributed by atoms with Crippen molar-refractivity contribution in [3.05, 3.63) is 34.9 Å². The zero-order valence-corrected chi connectivity index (χ0v) is 13.3. The number of carboxylic acid groups (broad SMARTS) is 1. The molecule has 0 radical (unpaired) electrons. The van der Waals surface area contributed by atoms with Crippen LogP contribution < -0.4 is 4.90 Å². The van der Waals surface area contributed by atoms with E-state index in [0.717, 1.165) is 24.2 Å². The molecule has 0 atom stereocenters. The molecule has 0 amide bonds. The molecule has 21 heavy (non-hydrogen) atoms. The van der Waals surface area contributed by atoms with Gasteiger partial charge in [0.1, 0.15) is 0 Å². The highest BCUT2D eigenvalue weighted by Crippen LogP contribution is 2.36. The van der Waals surface area contributed by atoms with E-state index in [1.165, 1.54) is 18.9 Å². The van der Waals surface area contributed by atoms with Crippen LogP contribution in [0.2, 0.25) is 5.02 Å². The van der Waals surface area contributed by atoms with Crippen LogP contribution in [0, 0.1) is 5.92 Å². The van der Waals surface area contributed by atoms with Crippen molar-refractivity contribution in [2.45, 2.75) is 39.2 Å². The maximum absolute atomic E-state index is 10.8. The number of carboxylic acids is 1. The summed E-state index contributed by atoms with van der Waals surface area (Å²) in [5.41, 5.74) is 1.96. The standard InChI is InChI=1S/C17H22ClNO2/c1-12(2)9-10-19(15-6-7-15)16-11-14(18)5-3-13(16)4-8-17(20)21/h3-5,8,11-12,15H,6-7,9-10H2,1-2H3,(H,20,21)/b8-4+. The average molecular weight is 308 g/mol. The number of anilines is 1. The van der Waals surface area contributed by atoms with E-state index in [2.05, 4.69) is 18.7 Å². The van der Waals surface area contributed by atoms with Crippen molar-refractivity contribution < 1.29 is 9.90 Å². The minimum absolute atomic E-state index is 0.569. The molecule has 1 fully saturated rings. The van der Waals surface area contributed by atoms with Gasteiger partial charge in [0.15, 0.2) is 0 Å². The summed E-state index contributed by atoms with van der Waals surface area (Å²) in [6, 6.07) is 6.21. The maximum Gasteiger partial charge on any atom is 0.328 e. The molecule has 0 unspecified atom stereocenters. The number of hydrogen-bond acceptors (Lipinski definition) is 2. The number of aliphatic carboxylic acids is 1. The lowest BCUT2D eigenvalue weighted by atomic mass is 10.1. The molecule has 0 aromatic heterocycles. The van der Waals surface area contributed by atoms with Gasteiger partial charge in [-0.1, -0.05) is 31.5 Å². The van der Waals surface area contributed by atoms with Crippen LogP contribution in [0.5, 0.6) is 0 Å². The summed E-state index contributed by atoms with van der Waals surface area (Å²) >= 11 is 6.14. The predicted molar refractivity (Wildman–Crippen MR) is 87.9 cm³/mol. The first kappa shape index (κ1) is 15.9. The minimum Gasteiger partial charge on any atom is -0.478 e. The normalized spacial score (nSPS) is 14.9. The highest BCUT2D eigenvalue weighted by atomic mass is 35.5. The van der Waals surface area contributed by atoms with Crippen molar-refractivity contribution in [3.63, 3.8) is 0 Å². The topological polar surface area (TPSA) is 40.5 Å². The van der Waals surface area contributed by atoms with Crippen molar-refractivity contribution in [1.29, 1.82) is 0 Å². The fourth-order valence-electron chi connectivity index (χ4n) is 2.35. The molecule has 2 rings (SSSR count). The van der Waals surface area contributed by atoms with Crippen molar-refractivity contribution in [1.82, 2.24) is 0 Å². The van der Waals surface area contributed by atoms with Crippen LogP contribution in [0.15, 0.2) is 24.3 Å². The predicted octanol–water partition coefficient (Wildman–Crippen LogP) is 4.45. The third-order valence-electron chi connectivity index (χ3n) is 3.64. The minimum atomic E-state index is -0.934. The van der Waals surface area contributed by atoms with Gasteiger partial charge in [-0.2, -0.15) is 0 Å². The van der Waals surface area contributed by atoms with Gasteiger partial charge in [-0.25, -0.2) is 4.79 Å². The first-order valence-corrected chi connectivity index (χ1v) is 7.82. The molecule has 114 valence electrons. The molecule has 0 saturated heterocycles. The number of halogens is 1. The molecule has 1 aromatic rings. The number of hydrogen-bond donors (Lipinski definition) is 1. The molecule has 0 aliphatic heterocycles. The Balaban J connectivity index is 2.29. The molecule has 1 aromatic carbocycles. The summed E-state index contributed by atoms with van der Waals surface area (Å²) in [5.74, 6) is -0.292. The van der Waals surface area contributed by atoms with E-state index in [0.29, 0.717) is 17.0 Å². The summed E-state index contributed by atoms with van der Waals surface area (Å²) in [5, 5.41) is 9.52. The number of nitrogens with zero attached hydrogens (tertiary/aromatic N) is 1. The Labute approximate surface area is 131 Å². The van der Waals surface area contributed by atoms with Crippen molar-refractivity contribution >= 4 is 29.3 Å². The van der Waals surface area contributed by atoms with Crippen LogP contribution in [0.25, 0.3) is 6.08 Å². The number of benzene rings is 1. The van der Waals surface area contributed by atoms with Gasteiger partial charge in [0.25, 0.3) is 0 Å². The van der Waals surface area contributed by atoms with Gasteiger partial charge in [0, 0.05) is 29.4 Å². The first-order chi connectivity index (χ1) is 9.97. The van der Waals surface area contributed by atoms with Crippen LogP contribution >= 0.6 is 11.6 Å². The van der Waals surface area contributed by atoms with E-state index in [-0.39, 0.29) is 0 Å². The summed E-state index contributed by atoms with van der Waals surface area (Å²) < 4.78 is 0. The van der Waals surface area contributed by atoms with Crippen molar-refractivity contribution in [3.8, 4) is 0 Å². The van der Waals surface area contributed by atoms with E-state index >= 15 is 0 Å². The second-order valence-electron chi connectivity index (χ2n) is 5.98. The Kier molecular flexibility index (Phi) is 5.29. The third kappa shape index (κ3) is 4.78. The van der Waals surface area contributed by atoms with Gasteiger partial charge >= 0.3 is 5.97 Å². The molecule has 1 saturated carbocycles. The van der Waals surface area contributed by atoms with Gasteiger partial charge in [0.05, 0.1) is 0 Å². The number of carbonyl (C=O) groups is 1. The monoisotopic (exact) mass is 307 g/mol. The van der Waals surface area contributed by atoms with Gasteiger partial charge in [-0.15, -0.1) is 0 Å². The molecule has 0 bridgehead atoms. The van der Waals surface area contributed by atoms with E-state index in [9.17, 15) is 4.79 Å². The summed E-state index contributed by atoms with van der Waals surface area (Å²) in [4.78, 5) is 13.1. The SMILES string of the molecule is CC(C)CCN(c1cc(Cl)ccc1/C=C/C(=O)O)C1CC1. The highest BCUT2D eigenvalue weighted by Gasteiger charge is 2.30. The third-order valence-corrected chi connectivity index (χ3v) is 3.88. The van der Waals surface area contributed by atoms with Crippen LogP contribution in [0.4, 0.5) is 5.69 Å². The van der Waals surface area contributed by atoms with Crippen LogP contribution in [-0.4, -0.2) is 23.7 Å². The Morgan fingerprint density at radius 1 is 1.48 bits per heavy atom. The summed E-state index contributed by atoms with van der Waals surface area (Å²) in [6.45, 7) is 5.42. The van der Waals surface area contributed by atoms with E-state index < -0.39 is 5.97 Å². The molecular formula is C17H22ClNO2. The second-order valence-corrected chi connectivity index (χ2v) is 6.42. The molecular weight excluding hydrogens is 286 g/mol. The van der Waals surface area contributed by atoms with Gasteiger partial charge in [-0.05, 0) is 49.0 Å². The quantitative estimate of drug-likeness (QED) is 0.756. The summed E-state index contributed by atoms with van der Waals surface area (Å²) in [7, 11) is 0. The maximum atomic E-state index is 10.8. The fourth-order valence-corrected chi connectivity index (χ4v) is 2.52. The molecule has 0 spiro atoms. The van der Waals surface area contributed by atoms with E-state index in [1.807, 2.05) is 12.1 Å². The molecule has 3 nitrogen and oxygen atoms in total. The van der Waals surface area contributed by atoms with Crippen LogP contribution in [0.3, 0.4) is 0 Å². The van der Waals surface area contributed by atoms with Crippen molar-refractivity contribution in [2.75, 3.05) is 11.4 Å².